The van der Waals surface area contributed by atoms with Gasteiger partial charge in [-0.3, -0.25) is 4.79 Å². The summed E-state index contributed by atoms with van der Waals surface area (Å²) in [6, 6.07) is 8.02. The highest BCUT2D eigenvalue weighted by Crippen LogP contribution is 2.38. The van der Waals surface area contributed by atoms with E-state index in [1.165, 1.54) is 38.5 Å². The molecule has 0 saturated heterocycles. The van der Waals surface area contributed by atoms with E-state index in [9.17, 15) is 9.90 Å². The quantitative estimate of drug-likeness (QED) is 0.721. The molecule has 29 heavy (non-hydrogen) atoms. The molecule has 1 amide bonds. The van der Waals surface area contributed by atoms with Crippen molar-refractivity contribution in [1.29, 1.82) is 0 Å². The van der Waals surface area contributed by atoms with Gasteiger partial charge in [-0.05, 0) is 54.7 Å². The number of allylic oxidation sites excluding steroid dienone is 1. The van der Waals surface area contributed by atoms with Crippen LogP contribution >= 0.6 is 0 Å². The largest absolute Gasteiger partial charge is 0.459 e. The summed E-state index contributed by atoms with van der Waals surface area (Å²) in [4.78, 5) is 12.8. The molecule has 0 aromatic heterocycles. The lowest BCUT2D eigenvalue weighted by atomic mass is 9.86. The van der Waals surface area contributed by atoms with Crippen LogP contribution in [0.2, 0.25) is 0 Å². The molecule has 5 heteroatoms. The molecule has 2 N–H and O–H groups in total. The monoisotopic (exact) mass is 399 g/mol. The molecule has 0 unspecified atom stereocenters. The Kier molecular flexibility index (Phi) is 6.88. The number of benzene rings is 1. The molecule has 1 aliphatic heterocycles. The minimum atomic E-state index is -0.396. The molecule has 0 spiro atoms. The number of carbonyl (C=O) groups excluding carboxylic acids is 1. The van der Waals surface area contributed by atoms with E-state index in [0.717, 1.165) is 30.4 Å². The van der Waals surface area contributed by atoms with Crippen molar-refractivity contribution in [3.8, 4) is 0 Å². The lowest BCUT2D eigenvalue weighted by molar-refractivity contribution is -0.155. The van der Waals surface area contributed by atoms with Gasteiger partial charge in [-0.15, -0.1) is 0 Å². The topological polar surface area (TPSA) is 67.8 Å². The molecule has 0 bridgehead atoms. The maximum absolute atomic E-state index is 12.8. The van der Waals surface area contributed by atoms with Crippen LogP contribution in [0.5, 0.6) is 0 Å². The Morgan fingerprint density at radius 2 is 1.69 bits per heavy atom. The van der Waals surface area contributed by atoms with Crippen molar-refractivity contribution in [2.75, 3.05) is 0 Å². The summed E-state index contributed by atoms with van der Waals surface area (Å²) in [7, 11) is 0. The molecule has 1 aromatic rings. The first-order valence-corrected chi connectivity index (χ1v) is 11.2. The molecule has 2 aliphatic carbocycles. The van der Waals surface area contributed by atoms with Crippen LogP contribution in [0.1, 0.15) is 68.9 Å². The van der Waals surface area contributed by atoms with Crippen LogP contribution in [0.15, 0.2) is 36.1 Å². The van der Waals surface area contributed by atoms with E-state index in [1.807, 2.05) is 24.3 Å². The second-order valence-corrected chi connectivity index (χ2v) is 8.76. The molecule has 158 valence electrons. The van der Waals surface area contributed by atoms with Gasteiger partial charge in [0, 0.05) is 12.5 Å². The molecule has 0 radical (unpaired) electrons. The summed E-state index contributed by atoms with van der Waals surface area (Å²) >= 11 is 0. The second-order valence-electron chi connectivity index (χ2n) is 8.76. The van der Waals surface area contributed by atoms with Crippen molar-refractivity contribution in [3.63, 3.8) is 0 Å². The van der Waals surface area contributed by atoms with Gasteiger partial charge in [0.2, 0.25) is 6.29 Å². The van der Waals surface area contributed by atoms with Gasteiger partial charge in [-0.25, -0.2) is 0 Å². The number of nitrogens with one attached hydrogen (secondary N) is 1. The standard InChI is InChI=1S/C24H33NO4/c26-15-17-9-11-18(12-10-17)16-28-23-14-20(19-5-1-2-6-19)13-22(29-23)24(27)25-21-7-3-4-8-21/h9-13,19-21,23,26H,1-8,14-16H2,(H,25,27)/t20-,23+/m1/s1. The fourth-order valence-corrected chi connectivity index (χ4v) is 4.92. The van der Waals surface area contributed by atoms with Gasteiger partial charge in [0.15, 0.2) is 5.76 Å². The summed E-state index contributed by atoms with van der Waals surface area (Å²) in [6.45, 7) is 0.478. The Morgan fingerprint density at radius 3 is 2.38 bits per heavy atom. The Bertz CT molecular complexity index is 702. The van der Waals surface area contributed by atoms with E-state index in [4.69, 9.17) is 9.47 Å². The molecule has 2 atom stereocenters. The lowest BCUT2D eigenvalue weighted by Gasteiger charge is -2.32. The first-order chi connectivity index (χ1) is 14.2. The SMILES string of the molecule is O=C(NC1CCCC1)C1=C[C@@H](C2CCCC2)C[C@@H](OCc2ccc(CO)cc2)O1. The van der Waals surface area contributed by atoms with Crippen LogP contribution in [-0.2, 0) is 27.5 Å². The summed E-state index contributed by atoms with van der Waals surface area (Å²) in [6.07, 6.45) is 12.0. The number of hydrogen-bond acceptors (Lipinski definition) is 4. The molecule has 1 heterocycles. The predicted octanol–water partition coefficient (Wildman–Crippen LogP) is 4.19. The van der Waals surface area contributed by atoms with E-state index in [0.29, 0.717) is 24.2 Å². The molecule has 2 saturated carbocycles. The number of aliphatic hydroxyl groups excluding tert-OH is 1. The van der Waals surface area contributed by atoms with Gasteiger partial charge in [0.05, 0.1) is 13.2 Å². The summed E-state index contributed by atoms with van der Waals surface area (Å²) < 4.78 is 12.1. The zero-order valence-corrected chi connectivity index (χ0v) is 17.1. The van der Waals surface area contributed by atoms with Gasteiger partial charge in [0.1, 0.15) is 0 Å². The predicted molar refractivity (Wildman–Crippen MR) is 111 cm³/mol. The van der Waals surface area contributed by atoms with Crippen LogP contribution in [0.25, 0.3) is 0 Å². The maximum atomic E-state index is 12.8. The fourth-order valence-electron chi connectivity index (χ4n) is 4.92. The molecular formula is C24H33NO4. The smallest absolute Gasteiger partial charge is 0.286 e. The first kappa shape index (κ1) is 20.4. The van der Waals surface area contributed by atoms with Gasteiger partial charge in [-0.2, -0.15) is 0 Å². The average Bonchev–Trinajstić information content (AvgIpc) is 3.47. The van der Waals surface area contributed by atoms with Gasteiger partial charge in [0.25, 0.3) is 5.91 Å². The molecule has 4 rings (SSSR count). The van der Waals surface area contributed by atoms with Crippen molar-refractivity contribution in [2.24, 2.45) is 11.8 Å². The lowest BCUT2D eigenvalue weighted by Crippen LogP contribution is -2.38. The van der Waals surface area contributed by atoms with Crippen molar-refractivity contribution in [2.45, 2.75) is 83.3 Å². The minimum absolute atomic E-state index is 0.0419. The molecular weight excluding hydrogens is 366 g/mol. The number of rotatable bonds is 7. The van der Waals surface area contributed by atoms with Gasteiger partial charge >= 0.3 is 0 Å². The zero-order chi connectivity index (χ0) is 20.1. The third kappa shape index (κ3) is 5.40. The minimum Gasteiger partial charge on any atom is -0.459 e. The molecule has 2 fully saturated rings. The van der Waals surface area contributed by atoms with E-state index < -0.39 is 6.29 Å². The Morgan fingerprint density at radius 1 is 1.03 bits per heavy atom. The Labute approximate surface area is 173 Å². The van der Waals surface area contributed by atoms with Crippen LogP contribution in [0.3, 0.4) is 0 Å². The molecule has 1 aromatic carbocycles. The molecule has 5 nitrogen and oxygen atoms in total. The van der Waals surface area contributed by atoms with E-state index >= 15 is 0 Å². The highest BCUT2D eigenvalue weighted by Gasteiger charge is 2.34. The maximum Gasteiger partial charge on any atom is 0.286 e. The van der Waals surface area contributed by atoms with Gasteiger partial charge < -0.3 is 19.9 Å². The van der Waals surface area contributed by atoms with Crippen molar-refractivity contribution in [1.82, 2.24) is 5.32 Å². The second kappa shape index (κ2) is 9.77. The third-order valence-electron chi connectivity index (χ3n) is 6.65. The van der Waals surface area contributed by atoms with Crippen molar-refractivity contribution >= 4 is 5.91 Å². The Hall–Kier alpha value is -1.85. The Balaban J connectivity index is 1.40. The summed E-state index contributed by atoms with van der Waals surface area (Å²) in [5, 5.41) is 12.3. The summed E-state index contributed by atoms with van der Waals surface area (Å²) in [5.41, 5.74) is 1.92. The number of aliphatic hydroxyl groups is 1. The highest BCUT2D eigenvalue weighted by molar-refractivity contribution is 5.91. The third-order valence-corrected chi connectivity index (χ3v) is 6.65. The normalized spacial score (nSPS) is 25.6. The first-order valence-electron chi connectivity index (χ1n) is 11.2. The number of amides is 1. The van der Waals surface area contributed by atoms with E-state index in [-0.39, 0.29) is 18.6 Å². The van der Waals surface area contributed by atoms with Gasteiger partial charge in [-0.1, -0.05) is 49.9 Å². The number of carbonyl (C=O) groups is 1. The highest BCUT2D eigenvalue weighted by atomic mass is 16.7. The average molecular weight is 400 g/mol. The van der Waals surface area contributed by atoms with Crippen LogP contribution in [-0.4, -0.2) is 23.3 Å². The molecule has 3 aliphatic rings. The number of hydrogen-bond donors (Lipinski definition) is 2. The van der Waals surface area contributed by atoms with Crippen LogP contribution in [0.4, 0.5) is 0 Å². The van der Waals surface area contributed by atoms with Crippen LogP contribution < -0.4 is 5.32 Å². The van der Waals surface area contributed by atoms with Crippen LogP contribution in [0, 0.1) is 11.8 Å². The summed E-state index contributed by atoms with van der Waals surface area (Å²) in [5.74, 6) is 1.33. The van der Waals surface area contributed by atoms with Crippen molar-refractivity contribution < 1.29 is 19.4 Å². The van der Waals surface area contributed by atoms with Crippen molar-refractivity contribution in [3.05, 3.63) is 47.2 Å². The number of ether oxygens (including phenoxy) is 2. The van der Waals surface area contributed by atoms with E-state index in [2.05, 4.69) is 11.4 Å². The van der Waals surface area contributed by atoms with E-state index in [1.54, 1.807) is 0 Å². The zero-order valence-electron chi connectivity index (χ0n) is 17.1. The fraction of sp³-hybridized carbons (Fsp3) is 0.625.